The predicted octanol–water partition coefficient (Wildman–Crippen LogP) is 1.74. The van der Waals surface area contributed by atoms with Gasteiger partial charge in [-0.05, 0) is 25.3 Å². The maximum absolute atomic E-state index is 11.1. The van der Waals surface area contributed by atoms with Gasteiger partial charge in [-0.1, -0.05) is 29.8 Å². The molecule has 0 amide bonds. The fourth-order valence-electron chi connectivity index (χ4n) is 2.09. The van der Waals surface area contributed by atoms with Gasteiger partial charge in [0.15, 0.2) is 0 Å². The first kappa shape index (κ1) is 14.3. The quantitative estimate of drug-likeness (QED) is 0.821. The molecule has 1 fully saturated rings. The van der Waals surface area contributed by atoms with Gasteiger partial charge in [-0.3, -0.25) is 4.79 Å². The molecule has 2 rings (SSSR count). The molecule has 96 valence electrons. The molecule has 1 aliphatic rings. The van der Waals surface area contributed by atoms with Crippen molar-refractivity contribution in [3.8, 4) is 0 Å². The van der Waals surface area contributed by atoms with Crippen LogP contribution in [0, 0.1) is 6.92 Å². The van der Waals surface area contributed by atoms with E-state index in [1.165, 1.54) is 5.56 Å². The second kappa shape index (κ2) is 6.24. The van der Waals surface area contributed by atoms with E-state index in [0.717, 1.165) is 5.56 Å². The Labute approximate surface area is 106 Å². The van der Waals surface area contributed by atoms with E-state index < -0.39 is 5.60 Å². The topological polar surface area (TPSA) is 71.4 Å². The van der Waals surface area contributed by atoms with Crippen LogP contribution in [0.4, 0.5) is 0 Å². The van der Waals surface area contributed by atoms with Gasteiger partial charge in [-0.25, -0.2) is 0 Å². The van der Waals surface area contributed by atoms with Crippen LogP contribution in [-0.4, -0.2) is 17.0 Å². The summed E-state index contributed by atoms with van der Waals surface area (Å²) in [5, 5.41) is 10.4. The molecule has 0 unspecified atom stereocenters. The highest BCUT2D eigenvalue weighted by Crippen LogP contribution is 2.35. The van der Waals surface area contributed by atoms with E-state index in [-0.39, 0.29) is 11.9 Å². The molecule has 0 bridgehead atoms. The first-order chi connectivity index (χ1) is 8.51. The fourth-order valence-corrected chi connectivity index (χ4v) is 2.09. The molecule has 0 aliphatic heterocycles. The molecule has 4 nitrogen and oxygen atoms in total. The number of carbonyl (C=O) groups excluding carboxylic acids is 3. The van der Waals surface area contributed by atoms with Crippen molar-refractivity contribution in [1.29, 1.82) is 0 Å². The summed E-state index contributed by atoms with van der Waals surface area (Å²) in [6, 6.07) is 7.93. The van der Waals surface area contributed by atoms with Crippen LogP contribution in [0.5, 0.6) is 0 Å². The predicted molar refractivity (Wildman–Crippen MR) is 63.6 cm³/mol. The van der Waals surface area contributed by atoms with Gasteiger partial charge < -0.3 is 5.11 Å². The van der Waals surface area contributed by atoms with E-state index in [9.17, 15) is 9.90 Å². The summed E-state index contributed by atoms with van der Waals surface area (Å²) in [4.78, 5) is 27.4. The van der Waals surface area contributed by atoms with Crippen molar-refractivity contribution in [3.05, 3.63) is 35.4 Å². The number of benzene rings is 1. The average molecular weight is 248 g/mol. The van der Waals surface area contributed by atoms with Crippen molar-refractivity contribution in [3.63, 3.8) is 0 Å². The highest BCUT2D eigenvalue weighted by molar-refractivity contribution is 5.79. The Kier molecular flexibility index (Phi) is 4.95. The van der Waals surface area contributed by atoms with E-state index in [0.29, 0.717) is 25.7 Å². The van der Waals surface area contributed by atoms with Gasteiger partial charge in [-0.15, -0.1) is 0 Å². The third kappa shape index (κ3) is 3.62. The van der Waals surface area contributed by atoms with Crippen LogP contribution in [0.1, 0.15) is 36.8 Å². The lowest BCUT2D eigenvalue weighted by molar-refractivity contribution is -0.191. The number of Topliss-reactive ketones (excluding diaryl/α,β-unsaturated/α-hetero) is 1. The molecule has 18 heavy (non-hydrogen) atoms. The van der Waals surface area contributed by atoms with Gasteiger partial charge >= 0.3 is 6.15 Å². The highest BCUT2D eigenvalue weighted by atomic mass is 16.3. The lowest BCUT2D eigenvalue weighted by Crippen LogP contribution is -2.31. The molecule has 1 aromatic carbocycles. The minimum Gasteiger partial charge on any atom is -0.385 e. The van der Waals surface area contributed by atoms with E-state index in [1.807, 2.05) is 31.2 Å². The zero-order chi connectivity index (χ0) is 13.6. The molecule has 0 radical (unpaired) electrons. The van der Waals surface area contributed by atoms with Crippen LogP contribution >= 0.6 is 0 Å². The molecule has 1 saturated carbocycles. The average Bonchev–Trinajstić information content (AvgIpc) is 2.35. The second-order valence-electron chi connectivity index (χ2n) is 4.52. The summed E-state index contributed by atoms with van der Waals surface area (Å²) in [7, 11) is 0. The van der Waals surface area contributed by atoms with Gasteiger partial charge in [-0.2, -0.15) is 9.59 Å². The molecular weight excluding hydrogens is 232 g/mol. The first-order valence-electron chi connectivity index (χ1n) is 5.82. The smallest absolute Gasteiger partial charge is 0.373 e. The van der Waals surface area contributed by atoms with E-state index in [1.54, 1.807) is 0 Å². The Morgan fingerprint density at radius 1 is 1.11 bits per heavy atom. The number of aliphatic hydroxyl groups is 1. The van der Waals surface area contributed by atoms with Crippen molar-refractivity contribution in [2.24, 2.45) is 0 Å². The number of rotatable bonds is 1. The molecule has 1 aromatic rings. The monoisotopic (exact) mass is 248 g/mol. The third-order valence-corrected chi connectivity index (χ3v) is 3.22. The molecule has 1 N–H and O–H groups in total. The van der Waals surface area contributed by atoms with Crippen molar-refractivity contribution in [2.45, 2.75) is 38.2 Å². The molecule has 0 heterocycles. The summed E-state index contributed by atoms with van der Waals surface area (Å²) in [5.41, 5.74) is 1.36. The minimum atomic E-state index is -0.776. The Balaban J connectivity index is 0.000000492. The van der Waals surface area contributed by atoms with Crippen LogP contribution in [0.3, 0.4) is 0 Å². The third-order valence-electron chi connectivity index (χ3n) is 3.22. The molecule has 4 heteroatoms. The number of hydrogen-bond acceptors (Lipinski definition) is 4. The van der Waals surface area contributed by atoms with E-state index in [4.69, 9.17) is 9.59 Å². The Hall–Kier alpha value is -1.77. The van der Waals surface area contributed by atoms with Gasteiger partial charge in [0.25, 0.3) is 0 Å². The molecule has 1 aliphatic carbocycles. The van der Waals surface area contributed by atoms with Crippen molar-refractivity contribution >= 4 is 11.9 Å². The summed E-state index contributed by atoms with van der Waals surface area (Å²) in [6.07, 6.45) is 2.39. The Bertz CT molecular complexity index is 431. The van der Waals surface area contributed by atoms with E-state index >= 15 is 0 Å². The lowest BCUT2D eigenvalue weighted by atomic mass is 9.79. The number of ketones is 1. The Morgan fingerprint density at radius 3 is 2.00 bits per heavy atom. The van der Waals surface area contributed by atoms with Gasteiger partial charge in [0, 0.05) is 12.8 Å². The zero-order valence-electron chi connectivity index (χ0n) is 10.3. The fraction of sp³-hybridized carbons (Fsp3) is 0.429. The van der Waals surface area contributed by atoms with Crippen molar-refractivity contribution < 1.29 is 19.5 Å². The molecule has 0 spiro atoms. The summed E-state index contributed by atoms with van der Waals surface area (Å²) >= 11 is 0. The standard InChI is InChI=1S/C13H16O2.CO2/c1-10-2-4-11(5-3-10)13(15)8-6-12(14)7-9-13;2-1-3/h2-5,15H,6-9H2,1H3;. The lowest BCUT2D eigenvalue weighted by Gasteiger charge is -2.32. The second-order valence-corrected chi connectivity index (χ2v) is 4.52. The van der Waals surface area contributed by atoms with Crippen LogP contribution in [-0.2, 0) is 20.0 Å². The normalized spacial score (nSPS) is 17.3. The number of aryl methyl sites for hydroxylation is 1. The summed E-state index contributed by atoms with van der Waals surface area (Å²) < 4.78 is 0. The molecule has 0 saturated heterocycles. The largest absolute Gasteiger partial charge is 0.385 e. The Morgan fingerprint density at radius 2 is 1.56 bits per heavy atom. The molecular formula is C14H16O4. The zero-order valence-corrected chi connectivity index (χ0v) is 10.3. The molecule has 0 atom stereocenters. The van der Waals surface area contributed by atoms with Gasteiger partial charge in [0.2, 0.25) is 0 Å². The number of hydrogen-bond donors (Lipinski definition) is 1. The first-order valence-corrected chi connectivity index (χ1v) is 5.82. The number of carbonyl (C=O) groups is 1. The van der Waals surface area contributed by atoms with Crippen molar-refractivity contribution in [1.82, 2.24) is 0 Å². The maximum Gasteiger partial charge on any atom is 0.373 e. The van der Waals surface area contributed by atoms with E-state index in [2.05, 4.69) is 0 Å². The maximum atomic E-state index is 11.1. The minimum absolute atomic E-state index is 0.250. The van der Waals surface area contributed by atoms with Crippen LogP contribution in [0.25, 0.3) is 0 Å². The van der Waals surface area contributed by atoms with Crippen LogP contribution in [0.15, 0.2) is 24.3 Å². The van der Waals surface area contributed by atoms with Crippen LogP contribution in [0.2, 0.25) is 0 Å². The summed E-state index contributed by atoms with van der Waals surface area (Å²) in [6.45, 7) is 2.03. The highest BCUT2D eigenvalue weighted by Gasteiger charge is 2.33. The SMILES string of the molecule is Cc1ccc(C2(O)CCC(=O)CC2)cc1.O=C=O. The summed E-state index contributed by atoms with van der Waals surface area (Å²) in [5.74, 6) is 0.270. The van der Waals surface area contributed by atoms with Crippen molar-refractivity contribution in [2.75, 3.05) is 0 Å². The van der Waals surface area contributed by atoms with Crippen LogP contribution < -0.4 is 0 Å². The van der Waals surface area contributed by atoms with Gasteiger partial charge in [0.05, 0.1) is 5.60 Å². The van der Waals surface area contributed by atoms with Gasteiger partial charge in [0.1, 0.15) is 5.78 Å². The molecule has 0 aromatic heterocycles.